The van der Waals surface area contributed by atoms with Gasteiger partial charge in [-0.3, -0.25) is 4.79 Å². The van der Waals surface area contributed by atoms with Crippen molar-refractivity contribution in [1.82, 2.24) is 14.7 Å². The fraction of sp³-hybridized carbons (Fsp3) is 0.375. The molecule has 1 aliphatic heterocycles. The maximum Gasteiger partial charge on any atom is 0.253 e. The molecule has 3 rings (SSSR count). The first-order valence-corrected chi connectivity index (χ1v) is 7.13. The number of hydrogen-bond donors (Lipinski definition) is 0. The zero-order chi connectivity index (χ0) is 13.9. The van der Waals surface area contributed by atoms with E-state index in [1.165, 1.54) is 6.42 Å². The van der Waals surface area contributed by atoms with Crippen LogP contribution in [0.15, 0.2) is 42.7 Å². The molecular formula is C16H19N3O. The monoisotopic (exact) mass is 269 g/mol. The summed E-state index contributed by atoms with van der Waals surface area (Å²) in [5.74, 6) is 0.750. The Kier molecular flexibility index (Phi) is 3.54. The zero-order valence-corrected chi connectivity index (χ0v) is 11.7. The van der Waals surface area contributed by atoms with Crippen LogP contribution in [-0.2, 0) is 0 Å². The van der Waals surface area contributed by atoms with Gasteiger partial charge >= 0.3 is 0 Å². The second-order valence-electron chi connectivity index (χ2n) is 5.50. The minimum Gasteiger partial charge on any atom is -0.338 e. The average Bonchev–Trinajstić information content (AvgIpc) is 3.01. The first-order chi connectivity index (χ1) is 9.74. The molecule has 1 unspecified atom stereocenters. The first-order valence-electron chi connectivity index (χ1n) is 7.13. The number of aromatic nitrogens is 2. The number of amides is 1. The van der Waals surface area contributed by atoms with Gasteiger partial charge in [-0.25, -0.2) is 4.68 Å². The Bertz CT molecular complexity index is 574. The molecule has 1 amide bonds. The summed E-state index contributed by atoms with van der Waals surface area (Å²) in [5.41, 5.74) is 1.73. The van der Waals surface area contributed by atoms with Crippen molar-refractivity contribution in [2.75, 3.05) is 13.1 Å². The van der Waals surface area contributed by atoms with Crippen molar-refractivity contribution < 1.29 is 4.79 Å². The van der Waals surface area contributed by atoms with Crippen molar-refractivity contribution in [3.63, 3.8) is 0 Å². The van der Waals surface area contributed by atoms with E-state index in [1.807, 2.05) is 41.4 Å². The number of hydrogen-bond acceptors (Lipinski definition) is 2. The number of carbonyl (C=O) groups is 1. The van der Waals surface area contributed by atoms with Crippen LogP contribution in [0.4, 0.5) is 0 Å². The van der Waals surface area contributed by atoms with Gasteiger partial charge in [-0.15, -0.1) is 0 Å². The van der Waals surface area contributed by atoms with Gasteiger partial charge in [0.2, 0.25) is 0 Å². The summed E-state index contributed by atoms with van der Waals surface area (Å²) in [6.45, 7) is 3.96. The lowest BCUT2D eigenvalue weighted by atomic mass is 9.99. The van der Waals surface area contributed by atoms with E-state index in [0.29, 0.717) is 5.92 Å². The minimum atomic E-state index is 0.142. The Morgan fingerprint density at radius 1 is 1.30 bits per heavy atom. The molecule has 0 bridgehead atoms. The van der Waals surface area contributed by atoms with Gasteiger partial charge in [-0.2, -0.15) is 5.10 Å². The quantitative estimate of drug-likeness (QED) is 0.840. The molecule has 104 valence electrons. The molecule has 4 nitrogen and oxygen atoms in total. The summed E-state index contributed by atoms with van der Waals surface area (Å²) in [6.07, 6.45) is 5.97. The summed E-state index contributed by atoms with van der Waals surface area (Å²) in [5, 5.41) is 4.18. The van der Waals surface area contributed by atoms with E-state index < -0.39 is 0 Å². The van der Waals surface area contributed by atoms with Crippen LogP contribution in [0.1, 0.15) is 30.1 Å². The number of nitrogens with zero attached hydrogens (tertiary/aromatic N) is 3. The van der Waals surface area contributed by atoms with Crippen molar-refractivity contribution in [1.29, 1.82) is 0 Å². The number of carbonyl (C=O) groups excluding carboxylic acids is 1. The number of likely N-dealkylation sites (tertiary alicyclic amines) is 1. The number of piperidine rings is 1. The third-order valence-corrected chi connectivity index (χ3v) is 3.83. The van der Waals surface area contributed by atoms with E-state index in [1.54, 1.807) is 10.9 Å². The number of benzene rings is 1. The van der Waals surface area contributed by atoms with Gasteiger partial charge in [0, 0.05) is 31.0 Å². The SMILES string of the molecule is CC1CCCN(C(=O)c2ccc(-n3cccn3)cc2)C1. The van der Waals surface area contributed by atoms with Gasteiger partial charge in [0.15, 0.2) is 0 Å². The van der Waals surface area contributed by atoms with Crippen molar-refractivity contribution in [2.24, 2.45) is 5.92 Å². The van der Waals surface area contributed by atoms with Crippen LogP contribution >= 0.6 is 0 Å². The highest BCUT2D eigenvalue weighted by Crippen LogP contribution is 2.18. The summed E-state index contributed by atoms with van der Waals surface area (Å²) in [6, 6.07) is 9.53. The fourth-order valence-electron chi connectivity index (χ4n) is 2.73. The Morgan fingerprint density at radius 2 is 2.10 bits per heavy atom. The predicted octanol–water partition coefficient (Wildman–Crippen LogP) is 2.74. The molecule has 1 saturated heterocycles. The van der Waals surface area contributed by atoms with E-state index in [0.717, 1.165) is 30.8 Å². The smallest absolute Gasteiger partial charge is 0.253 e. The van der Waals surface area contributed by atoms with Gasteiger partial charge in [0.05, 0.1) is 5.69 Å². The lowest BCUT2D eigenvalue weighted by molar-refractivity contribution is 0.0683. The third kappa shape index (κ3) is 2.59. The number of rotatable bonds is 2. The first kappa shape index (κ1) is 12.9. The summed E-state index contributed by atoms with van der Waals surface area (Å²) in [4.78, 5) is 14.4. The highest BCUT2D eigenvalue weighted by Gasteiger charge is 2.21. The molecule has 1 fully saturated rings. The van der Waals surface area contributed by atoms with E-state index in [9.17, 15) is 4.79 Å². The van der Waals surface area contributed by atoms with Crippen molar-refractivity contribution in [3.8, 4) is 5.69 Å². The Labute approximate surface area is 119 Å². The van der Waals surface area contributed by atoms with Crippen molar-refractivity contribution >= 4 is 5.91 Å². The largest absolute Gasteiger partial charge is 0.338 e. The molecule has 1 aromatic carbocycles. The van der Waals surface area contributed by atoms with Gasteiger partial charge in [0.25, 0.3) is 5.91 Å². The lowest BCUT2D eigenvalue weighted by Crippen LogP contribution is -2.39. The molecule has 4 heteroatoms. The fourth-order valence-corrected chi connectivity index (χ4v) is 2.73. The van der Waals surface area contributed by atoms with Crippen LogP contribution in [0.5, 0.6) is 0 Å². The molecule has 20 heavy (non-hydrogen) atoms. The van der Waals surface area contributed by atoms with E-state index >= 15 is 0 Å². The Morgan fingerprint density at radius 3 is 2.75 bits per heavy atom. The second kappa shape index (κ2) is 5.49. The van der Waals surface area contributed by atoms with Crippen LogP contribution in [0.25, 0.3) is 5.69 Å². The van der Waals surface area contributed by atoms with Crippen LogP contribution in [0.2, 0.25) is 0 Å². The average molecular weight is 269 g/mol. The highest BCUT2D eigenvalue weighted by atomic mass is 16.2. The second-order valence-corrected chi connectivity index (χ2v) is 5.50. The van der Waals surface area contributed by atoms with Gasteiger partial charge in [-0.1, -0.05) is 6.92 Å². The normalized spacial score (nSPS) is 19.1. The maximum atomic E-state index is 12.4. The molecule has 2 heterocycles. The molecule has 1 aromatic heterocycles. The predicted molar refractivity (Wildman–Crippen MR) is 77.9 cm³/mol. The molecular weight excluding hydrogens is 250 g/mol. The van der Waals surface area contributed by atoms with E-state index in [4.69, 9.17) is 0 Å². The highest BCUT2D eigenvalue weighted by molar-refractivity contribution is 5.94. The summed E-state index contributed by atoms with van der Waals surface area (Å²) in [7, 11) is 0. The molecule has 0 N–H and O–H groups in total. The van der Waals surface area contributed by atoms with Crippen LogP contribution < -0.4 is 0 Å². The molecule has 0 radical (unpaired) electrons. The van der Waals surface area contributed by atoms with Crippen molar-refractivity contribution in [2.45, 2.75) is 19.8 Å². The third-order valence-electron chi connectivity index (χ3n) is 3.83. The topological polar surface area (TPSA) is 38.1 Å². The minimum absolute atomic E-state index is 0.142. The van der Waals surface area contributed by atoms with Gasteiger partial charge < -0.3 is 4.90 Å². The maximum absolute atomic E-state index is 12.4. The van der Waals surface area contributed by atoms with Crippen LogP contribution in [-0.4, -0.2) is 33.7 Å². The molecule has 0 aliphatic carbocycles. The van der Waals surface area contributed by atoms with Crippen molar-refractivity contribution in [3.05, 3.63) is 48.3 Å². The van der Waals surface area contributed by atoms with Gasteiger partial charge in [-0.05, 0) is 49.1 Å². The van der Waals surface area contributed by atoms with Crippen LogP contribution in [0.3, 0.4) is 0 Å². The van der Waals surface area contributed by atoms with E-state index in [-0.39, 0.29) is 5.91 Å². The molecule has 0 spiro atoms. The summed E-state index contributed by atoms with van der Waals surface area (Å²) < 4.78 is 1.79. The molecule has 1 aliphatic rings. The molecule has 2 aromatic rings. The van der Waals surface area contributed by atoms with Gasteiger partial charge in [0.1, 0.15) is 0 Å². The Hall–Kier alpha value is -2.10. The Balaban J connectivity index is 1.75. The van der Waals surface area contributed by atoms with E-state index in [2.05, 4.69) is 12.0 Å². The molecule has 1 atom stereocenters. The summed E-state index contributed by atoms with van der Waals surface area (Å²) >= 11 is 0. The standard InChI is InChI=1S/C16H19N3O/c1-13-4-2-10-18(12-13)16(20)14-5-7-15(8-6-14)19-11-3-9-17-19/h3,5-9,11,13H,2,4,10,12H2,1H3. The molecule has 0 saturated carbocycles. The lowest BCUT2D eigenvalue weighted by Gasteiger charge is -2.31. The zero-order valence-electron chi connectivity index (χ0n) is 11.7. The van der Waals surface area contributed by atoms with Crippen LogP contribution in [0, 0.1) is 5.92 Å².